The molecule has 0 bridgehead atoms. The van der Waals surface area contributed by atoms with Gasteiger partial charge in [0.2, 0.25) is 11.8 Å². The van der Waals surface area contributed by atoms with E-state index in [1.165, 1.54) is 12.1 Å². The van der Waals surface area contributed by atoms with E-state index in [-0.39, 0.29) is 35.8 Å². The predicted octanol–water partition coefficient (Wildman–Crippen LogP) is 3.31. The van der Waals surface area contributed by atoms with Gasteiger partial charge in [-0.05, 0) is 62.9 Å². The van der Waals surface area contributed by atoms with Gasteiger partial charge in [0.1, 0.15) is 11.6 Å². The van der Waals surface area contributed by atoms with E-state index >= 15 is 0 Å². The monoisotopic (exact) mass is 540 g/mol. The first-order valence-corrected chi connectivity index (χ1v) is 12.5. The van der Waals surface area contributed by atoms with Crippen LogP contribution in [0.2, 0.25) is 0 Å². The van der Waals surface area contributed by atoms with Crippen molar-refractivity contribution in [3.05, 3.63) is 65.2 Å². The number of carbonyl (C=O) groups excluding carboxylic acids is 4. The van der Waals surface area contributed by atoms with Crippen LogP contribution in [0.3, 0.4) is 0 Å². The molecule has 1 unspecified atom stereocenters. The van der Waals surface area contributed by atoms with Crippen LogP contribution in [0.1, 0.15) is 67.3 Å². The molecule has 2 aromatic rings. The van der Waals surface area contributed by atoms with Crippen molar-refractivity contribution in [2.24, 2.45) is 5.92 Å². The molecule has 0 saturated heterocycles. The summed E-state index contributed by atoms with van der Waals surface area (Å²) >= 11 is 0. The number of alkyl carbamates (subject to hydrolysis) is 1. The van der Waals surface area contributed by atoms with Crippen LogP contribution in [0.15, 0.2) is 48.5 Å². The zero-order valence-corrected chi connectivity index (χ0v) is 22.8. The standard InChI is InChI=1S/C28H36N4O7/c1-17(2)13-22(25(35)32-21-12-7-6-11-20(21)26(36)37)31-23(33)16-29-24(34)19-10-8-9-18(14-19)15-30-27(38)39-28(3,4)5/h6-12,14,17,22H,13,15-16H2,1-5H3,(H,29,34)(H,30,38)(H,31,33)(H,32,35)(H,36,37). The lowest BCUT2D eigenvalue weighted by Crippen LogP contribution is -2.48. The Labute approximate surface area is 227 Å². The highest BCUT2D eigenvalue weighted by Crippen LogP contribution is 2.16. The van der Waals surface area contributed by atoms with Crippen molar-refractivity contribution in [3.8, 4) is 0 Å². The summed E-state index contributed by atoms with van der Waals surface area (Å²) in [6.45, 7) is 8.78. The second-order valence-electron chi connectivity index (χ2n) is 10.3. The molecule has 2 rings (SSSR count). The van der Waals surface area contributed by atoms with E-state index in [4.69, 9.17) is 4.74 Å². The molecule has 0 aliphatic rings. The summed E-state index contributed by atoms with van der Waals surface area (Å²) in [7, 11) is 0. The number of carbonyl (C=O) groups is 5. The van der Waals surface area contributed by atoms with Gasteiger partial charge in [-0.15, -0.1) is 0 Å². The van der Waals surface area contributed by atoms with E-state index in [2.05, 4.69) is 21.3 Å². The molecule has 11 heteroatoms. The fourth-order valence-corrected chi connectivity index (χ4v) is 3.52. The first-order chi connectivity index (χ1) is 18.2. The Hall–Kier alpha value is -4.41. The maximum atomic E-state index is 12.9. The average molecular weight is 541 g/mol. The molecular formula is C28H36N4O7. The number of benzene rings is 2. The summed E-state index contributed by atoms with van der Waals surface area (Å²) in [4.78, 5) is 61.4. The van der Waals surface area contributed by atoms with Crippen molar-refractivity contribution < 1.29 is 33.8 Å². The molecule has 1 atom stereocenters. The molecule has 0 heterocycles. The quantitative estimate of drug-likeness (QED) is 0.292. The lowest BCUT2D eigenvalue weighted by atomic mass is 10.0. The minimum atomic E-state index is -1.19. The van der Waals surface area contributed by atoms with Gasteiger partial charge in [-0.25, -0.2) is 9.59 Å². The molecule has 0 aromatic heterocycles. The SMILES string of the molecule is CC(C)CC(NC(=O)CNC(=O)c1cccc(CNC(=O)OC(C)(C)C)c1)C(=O)Nc1ccccc1C(=O)O. The molecule has 0 aliphatic heterocycles. The Kier molecular flexibility index (Phi) is 11.0. The van der Waals surface area contributed by atoms with Gasteiger partial charge in [0.15, 0.2) is 0 Å². The molecule has 0 saturated carbocycles. The molecule has 2 aromatic carbocycles. The number of anilines is 1. The van der Waals surface area contributed by atoms with Gasteiger partial charge in [0.25, 0.3) is 5.91 Å². The maximum Gasteiger partial charge on any atom is 0.407 e. The Balaban J connectivity index is 1.96. The van der Waals surface area contributed by atoms with Gasteiger partial charge >= 0.3 is 12.1 Å². The van der Waals surface area contributed by atoms with Gasteiger partial charge in [-0.2, -0.15) is 0 Å². The summed E-state index contributed by atoms with van der Waals surface area (Å²) < 4.78 is 5.20. The molecule has 39 heavy (non-hydrogen) atoms. The number of carboxylic acids is 1. The van der Waals surface area contributed by atoms with Crippen LogP contribution < -0.4 is 21.3 Å². The predicted molar refractivity (Wildman–Crippen MR) is 145 cm³/mol. The van der Waals surface area contributed by atoms with E-state index in [1.54, 1.807) is 57.2 Å². The summed E-state index contributed by atoms with van der Waals surface area (Å²) in [5.41, 5.74) is 0.356. The normalized spacial score (nSPS) is 11.7. The number of hydrogen-bond acceptors (Lipinski definition) is 6. The molecule has 0 aliphatic carbocycles. The first-order valence-electron chi connectivity index (χ1n) is 12.5. The topological polar surface area (TPSA) is 163 Å². The van der Waals surface area contributed by atoms with Gasteiger partial charge < -0.3 is 31.1 Å². The third-order valence-electron chi connectivity index (χ3n) is 5.21. The van der Waals surface area contributed by atoms with Crippen molar-refractivity contribution in [1.29, 1.82) is 0 Å². The largest absolute Gasteiger partial charge is 0.478 e. The second-order valence-corrected chi connectivity index (χ2v) is 10.3. The van der Waals surface area contributed by atoms with Crippen LogP contribution >= 0.6 is 0 Å². The average Bonchev–Trinajstić information content (AvgIpc) is 2.84. The molecule has 0 radical (unpaired) electrons. The number of ether oxygens (including phenoxy) is 1. The van der Waals surface area contributed by atoms with Gasteiger partial charge in [0, 0.05) is 12.1 Å². The van der Waals surface area contributed by atoms with E-state index in [0.717, 1.165) is 0 Å². The molecule has 5 N–H and O–H groups in total. The second kappa shape index (κ2) is 13.9. The summed E-state index contributed by atoms with van der Waals surface area (Å²) in [5, 5.41) is 19.7. The number of nitrogens with one attached hydrogen (secondary N) is 4. The lowest BCUT2D eigenvalue weighted by molar-refractivity contribution is -0.126. The number of amides is 4. The number of aromatic carboxylic acids is 1. The van der Waals surface area contributed by atoms with Crippen molar-refractivity contribution in [2.75, 3.05) is 11.9 Å². The maximum absolute atomic E-state index is 12.9. The van der Waals surface area contributed by atoms with E-state index in [0.29, 0.717) is 12.0 Å². The number of rotatable bonds is 11. The molecule has 210 valence electrons. The highest BCUT2D eigenvalue weighted by Gasteiger charge is 2.24. The van der Waals surface area contributed by atoms with E-state index < -0.39 is 41.4 Å². The van der Waals surface area contributed by atoms with E-state index in [9.17, 15) is 29.1 Å². The van der Waals surface area contributed by atoms with Crippen molar-refractivity contribution in [3.63, 3.8) is 0 Å². The van der Waals surface area contributed by atoms with Crippen LogP contribution in [0.25, 0.3) is 0 Å². The highest BCUT2D eigenvalue weighted by molar-refractivity contribution is 6.03. The van der Waals surface area contributed by atoms with E-state index in [1.807, 2.05) is 13.8 Å². The zero-order valence-electron chi connectivity index (χ0n) is 22.8. The Morgan fingerprint density at radius 3 is 2.28 bits per heavy atom. The first kappa shape index (κ1) is 30.8. The van der Waals surface area contributed by atoms with Crippen LogP contribution in [-0.4, -0.2) is 53.1 Å². The fourth-order valence-electron chi connectivity index (χ4n) is 3.52. The summed E-state index contributed by atoms with van der Waals surface area (Å²) in [6, 6.07) is 11.6. The summed E-state index contributed by atoms with van der Waals surface area (Å²) in [6.07, 6.45) is -0.284. The van der Waals surface area contributed by atoms with Crippen molar-refractivity contribution >= 4 is 35.5 Å². The minimum absolute atomic E-state index is 0.0439. The van der Waals surface area contributed by atoms with Crippen molar-refractivity contribution in [2.45, 2.75) is 59.2 Å². The molecule has 0 spiro atoms. The van der Waals surface area contributed by atoms with Crippen LogP contribution in [0, 0.1) is 5.92 Å². The molecule has 4 amide bonds. The summed E-state index contributed by atoms with van der Waals surface area (Å²) in [5.74, 6) is -2.81. The molecular weight excluding hydrogens is 504 g/mol. The van der Waals surface area contributed by atoms with Crippen LogP contribution in [0.4, 0.5) is 10.5 Å². The fraction of sp³-hybridized carbons (Fsp3) is 0.393. The molecule has 11 nitrogen and oxygen atoms in total. The van der Waals surface area contributed by atoms with Gasteiger partial charge in [-0.1, -0.05) is 38.1 Å². The van der Waals surface area contributed by atoms with Crippen molar-refractivity contribution in [1.82, 2.24) is 16.0 Å². The smallest absolute Gasteiger partial charge is 0.407 e. The lowest BCUT2D eigenvalue weighted by Gasteiger charge is -2.21. The highest BCUT2D eigenvalue weighted by atomic mass is 16.6. The van der Waals surface area contributed by atoms with Gasteiger partial charge in [0.05, 0.1) is 17.8 Å². The third-order valence-corrected chi connectivity index (χ3v) is 5.21. The number of carboxylic acid groups (broad SMARTS) is 1. The Morgan fingerprint density at radius 2 is 1.64 bits per heavy atom. The third kappa shape index (κ3) is 10.8. The number of hydrogen-bond donors (Lipinski definition) is 5. The number of para-hydroxylation sites is 1. The van der Waals surface area contributed by atoms with Crippen LogP contribution in [0.5, 0.6) is 0 Å². The Bertz CT molecular complexity index is 1200. The van der Waals surface area contributed by atoms with Gasteiger partial charge in [-0.3, -0.25) is 14.4 Å². The van der Waals surface area contributed by atoms with Crippen LogP contribution in [-0.2, 0) is 20.9 Å². The molecule has 0 fully saturated rings. The zero-order chi connectivity index (χ0) is 29.2. The minimum Gasteiger partial charge on any atom is -0.478 e. The Morgan fingerprint density at radius 1 is 0.949 bits per heavy atom.